The molecule has 0 aliphatic heterocycles. The second-order valence-electron chi connectivity index (χ2n) is 4.74. The summed E-state index contributed by atoms with van der Waals surface area (Å²) < 4.78 is 103. The van der Waals surface area contributed by atoms with Crippen molar-refractivity contribution in [2.24, 2.45) is 0 Å². The van der Waals surface area contributed by atoms with Gasteiger partial charge in [-0.3, -0.25) is 4.98 Å². The van der Waals surface area contributed by atoms with Crippen LogP contribution in [-0.2, 0) is 11.2 Å². The van der Waals surface area contributed by atoms with E-state index in [1.165, 1.54) is 24.4 Å². The lowest BCUT2D eigenvalue weighted by Crippen LogP contribution is -2.56. The second kappa shape index (κ2) is 7.28. The Morgan fingerprint density at radius 1 is 1.04 bits per heavy atom. The quantitative estimate of drug-likeness (QED) is 0.363. The highest BCUT2D eigenvalue weighted by Crippen LogP contribution is 2.52. The van der Waals surface area contributed by atoms with Gasteiger partial charge in [0.15, 0.2) is 4.90 Å². The van der Waals surface area contributed by atoms with Crippen LogP contribution in [0, 0.1) is 6.07 Å². The van der Waals surface area contributed by atoms with Gasteiger partial charge in [0.2, 0.25) is 0 Å². The molecule has 1 heterocycles. The summed E-state index contributed by atoms with van der Waals surface area (Å²) in [5.74, 6) is -6.51. The molecule has 0 amide bonds. The number of aromatic nitrogens is 1. The number of nitrogens with zero attached hydrogens (tertiary/aromatic N) is 1. The van der Waals surface area contributed by atoms with Crippen LogP contribution in [0.3, 0.4) is 0 Å². The van der Waals surface area contributed by atoms with E-state index in [-0.39, 0.29) is 20.2 Å². The molecule has 0 aliphatic carbocycles. The van der Waals surface area contributed by atoms with Gasteiger partial charge < -0.3 is 4.55 Å². The van der Waals surface area contributed by atoms with E-state index < -0.39 is 33.4 Å². The van der Waals surface area contributed by atoms with Gasteiger partial charge in [-0.1, -0.05) is 6.07 Å². The summed E-state index contributed by atoms with van der Waals surface area (Å²) in [5, 5.41) is -5.92. The fourth-order valence-corrected chi connectivity index (χ4v) is 4.66. The first-order valence-corrected chi connectivity index (χ1v) is 9.11. The van der Waals surface area contributed by atoms with E-state index in [0.29, 0.717) is 0 Å². The maximum atomic E-state index is 13.9. The molecule has 2 aromatic rings. The molecule has 1 atom stereocenters. The monoisotopic (exact) mass is 526 g/mol. The SMILES string of the molecule is [O-][S+](c1cc(Br)[c]c(Br)c1-c1ccccn1)C(F)(F)C(F)(F)C(F)(F)F. The number of hydrogen-bond donors (Lipinski definition) is 0. The summed E-state index contributed by atoms with van der Waals surface area (Å²) in [5.41, 5.74) is -0.414. The average Bonchev–Trinajstić information content (AvgIpc) is 2.52. The van der Waals surface area contributed by atoms with Crippen LogP contribution in [0.15, 0.2) is 44.3 Å². The number of hydrogen-bond acceptors (Lipinski definition) is 2. The third kappa shape index (κ3) is 3.73. The Labute approximate surface area is 162 Å². The first-order valence-electron chi connectivity index (χ1n) is 6.37. The lowest BCUT2D eigenvalue weighted by molar-refractivity contribution is -0.332. The summed E-state index contributed by atoms with van der Waals surface area (Å²) in [6, 6.07) is 7.45. The van der Waals surface area contributed by atoms with E-state index in [4.69, 9.17) is 0 Å². The van der Waals surface area contributed by atoms with E-state index in [2.05, 4.69) is 42.9 Å². The second-order valence-corrected chi connectivity index (χ2v) is 7.88. The fourth-order valence-electron chi connectivity index (χ4n) is 1.81. The Balaban J connectivity index is 2.68. The van der Waals surface area contributed by atoms with Crippen molar-refractivity contribution < 1.29 is 35.3 Å². The zero-order valence-electron chi connectivity index (χ0n) is 12.1. The summed E-state index contributed by atoms with van der Waals surface area (Å²) in [6.07, 6.45) is -5.36. The summed E-state index contributed by atoms with van der Waals surface area (Å²) in [7, 11) is 0. The van der Waals surface area contributed by atoms with Gasteiger partial charge in [0.1, 0.15) is 0 Å². The molecule has 1 aromatic heterocycles. The van der Waals surface area contributed by atoms with Crippen LogP contribution in [0.1, 0.15) is 0 Å². The molecule has 0 saturated carbocycles. The normalized spacial score (nSPS) is 14.4. The van der Waals surface area contributed by atoms with E-state index >= 15 is 0 Å². The minimum atomic E-state index is -6.59. The molecule has 1 radical (unpaired) electrons. The molecule has 2 rings (SSSR count). The molecule has 1 unspecified atom stereocenters. The Morgan fingerprint density at radius 2 is 1.65 bits per heavy atom. The minimum Gasteiger partial charge on any atom is -0.606 e. The minimum absolute atomic E-state index is 0.0717. The highest BCUT2D eigenvalue weighted by Gasteiger charge is 2.80. The number of benzene rings is 1. The van der Waals surface area contributed by atoms with Crippen molar-refractivity contribution in [2.75, 3.05) is 0 Å². The Hall–Kier alpha value is -0.850. The van der Waals surface area contributed by atoms with Gasteiger partial charge in [-0.05, 0) is 44.0 Å². The zero-order chi connectivity index (χ0) is 19.9. The Morgan fingerprint density at radius 3 is 2.15 bits per heavy atom. The van der Waals surface area contributed by atoms with Gasteiger partial charge >= 0.3 is 17.4 Å². The van der Waals surface area contributed by atoms with Crippen LogP contribution in [0.2, 0.25) is 0 Å². The van der Waals surface area contributed by atoms with Gasteiger partial charge in [-0.25, -0.2) is 0 Å². The largest absolute Gasteiger partial charge is 0.606 e. The molecular weight excluding hydrogens is 523 g/mol. The maximum absolute atomic E-state index is 13.9. The van der Waals surface area contributed by atoms with Crippen LogP contribution in [-0.4, -0.2) is 26.9 Å². The van der Waals surface area contributed by atoms with Crippen molar-refractivity contribution >= 4 is 43.0 Å². The Bertz CT molecular complexity index is 802. The number of pyridine rings is 1. The molecule has 0 saturated heterocycles. The van der Waals surface area contributed by atoms with E-state index in [9.17, 15) is 35.3 Å². The number of rotatable bonds is 4. The molecule has 0 fully saturated rings. The van der Waals surface area contributed by atoms with Crippen LogP contribution < -0.4 is 0 Å². The van der Waals surface area contributed by atoms with Gasteiger partial charge in [0.25, 0.3) is 0 Å². The highest BCUT2D eigenvalue weighted by atomic mass is 79.9. The van der Waals surface area contributed by atoms with E-state index in [1.807, 2.05) is 0 Å². The lowest BCUT2D eigenvalue weighted by Gasteiger charge is -2.29. The molecular formula is C14H5Br2F7NOS. The molecule has 0 bridgehead atoms. The topological polar surface area (TPSA) is 36.0 Å². The van der Waals surface area contributed by atoms with E-state index in [0.717, 1.165) is 6.07 Å². The van der Waals surface area contributed by atoms with Crippen molar-refractivity contribution in [3.8, 4) is 11.3 Å². The van der Waals surface area contributed by atoms with Crippen LogP contribution in [0.5, 0.6) is 0 Å². The third-order valence-electron chi connectivity index (χ3n) is 3.03. The molecule has 2 nitrogen and oxygen atoms in total. The van der Waals surface area contributed by atoms with Crippen molar-refractivity contribution in [1.29, 1.82) is 0 Å². The van der Waals surface area contributed by atoms with Crippen molar-refractivity contribution in [2.45, 2.75) is 22.2 Å². The van der Waals surface area contributed by atoms with Crippen molar-refractivity contribution in [3.63, 3.8) is 0 Å². The number of halogens is 9. The third-order valence-corrected chi connectivity index (χ3v) is 5.49. The molecule has 0 aliphatic rings. The maximum Gasteiger partial charge on any atom is 0.486 e. The highest BCUT2D eigenvalue weighted by molar-refractivity contribution is 9.11. The molecule has 0 spiro atoms. The van der Waals surface area contributed by atoms with Gasteiger partial charge in [-0.15, -0.1) is 8.78 Å². The van der Waals surface area contributed by atoms with Crippen molar-refractivity contribution in [3.05, 3.63) is 45.5 Å². The standard InChI is InChI=1S/C14H5Br2F7NOS/c15-7-5-8(16)11(9-3-1-2-4-24-9)10(6-7)26(25)14(22,23)12(17,18)13(19,20)21/h1-4,6H. The van der Waals surface area contributed by atoms with Crippen molar-refractivity contribution in [1.82, 2.24) is 4.98 Å². The van der Waals surface area contributed by atoms with Crippen LogP contribution in [0.4, 0.5) is 30.7 Å². The number of alkyl halides is 7. The molecule has 141 valence electrons. The Kier molecular flexibility index (Phi) is 6.01. The zero-order valence-corrected chi connectivity index (χ0v) is 16.0. The summed E-state index contributed by atoms with van der Waals surface area (Å²) in [4.78, 5) is 2.86. The smallest absolute Gasteiger partial charge is 0.486 e. The molecule has 1 aromatic carbocycles. The van der Waals surface area contributed by atoms with Crippen LogP contribution >= 0.6 is 31.9 Å². The lowest BCUT2D eigenvalue weighted by atomic mass is 10.1. The predicted octanol–water partition coefficient (Wildman–Crippen LogP) is 5.97. The van der Waals surface area contributed by atoms with Crippen LogP contribution in [0.25, 0.3) is 11.3 Å². The summed E-state index contributed by atoms with van der Waals surface area (Å²) in [6.45, 7) is 0. The molecule has 26 heavy (non-hydrogen) atoms. The van der Waals surface area contributed by atoms with Gasteiger partial charge in [0, 0.05) is 27.3 Å². The first-order chi connectivity index (χ1) is 11.8. The summed E-state index contributed by atoms with van der Waals surface area (Å²) >= 11 is 1.73. The van der Waals surface area contributed by atoms with Gasteiger partial charge in [-0.2, -0.15) is 22.0 Å². The predicted molar refractivity (Wildman–Crippen MR) is 86.3 cm³/mol. The average molecular weight is 528 g/mol. The fraction of sp³-hybridized carbons (Fsp3) is 0.214. The molecule has 12 heteroatoms. The first kappa shape index (κ1) is 21.5. The molecule has 0 N–H and O–H groups in total. The van der Waals surface area contributed by atoms with E-state index in [1.54, 1.807) is 0 Å². The van der Waals surface area contributed by atoms with Gasteiger partial charge in [0.05, 0.1) is 22.4 Å².